The van der Waals surface area contributed by atoms with Crippen LogP contribution >= 0.6 is 0 Å². The average Bonchev–Trinajstić information content (AvgIpc) is 2.96. The van der Waals surface area contributed by atoms with Crippen LogP contribution in [-0.2, 0) is 13.1 Å². The lowest BCUT2D eigenvalue weighted by atomic mass is 10.1. The Morgan fingerprint density at radius 2 is 1.86 bits per heavy atom. The van der Waals surface area contributed by atoms with Gasteiger partial charge in [-0.25, -0.2) is 9.18 Å². The van der Waals surface area contributed by atoms with E-state index in [0.29, 0.717) is 6.54 Å². The van der Waals surface area contributed by atoms with E-state index in [1.54, 1.807) is 0 Å². The molecule has 0 atom stereocenters. The monoisotopic (exact) mass is 381 g/mol. The van der Waals surface area contributed by atoms with Gasteiger partial charge in [-0.05, 0) is 49.2 Å². The zero-order valence-corrected chi connectivity index (χ0v) is 15.6. The third-order valence-corrected chi connectivity index (χ3v) is 4.34. The first-order valence-electron chi connectivity index (χ1n) is 8.73. The van der Waals surface area contributed by atoms with E-state index < -0.39 is 17.7 Å². The van der Waals surface area contributed by atoms with Crippen LogP contribution in [0.15, 0.2) is 48.5 Å². The van der Waals surface area contributed by atoms with Crippen molar-refractivity contribution >= 4 is 11.9 Å². The molecule has 28 heavy (non-hydrogen) atoms. The molecule has 1 aromatic heterocycles. The van der Waals surface area contributed by atoms with Crippen LogP contribution in [0.3, 0.4) is 0 Å². The molecule has 0 aliphatic rings. The second-order valence-corrected chi connectivity index (χ2v) is 6.59. The summed E-state index contributed by atoms with van der Waals surface area (Å²) in [5.74, 6) is -2.71. The largest absolute Gasteiger partial charge is 0.478 e. The van der Waals surface area contributed by atoms with Crippen molar-refractivity contribution in [3.05, 3.63) is 88.0 Å². The summed E-state index contributed by atoms with van der Waals surface area (Å²) in [6.45, 7) is 4.78. The summed E-state index contributed by atoms with van der Waals surface area (Å²) >= 11 is 0. The van der Waals surface area contributed by atoms with Crippen LogP contribution in [0.1, 0.15) is 43.2 Å². The Hall–Kier alpha value is -3.48. The van der Waals surface area contributed by atoms with Gasteiger partial charge in [-0.3, -0.25) is 9.48 Å². The predicted octanol–water partition coefficient (Wildman–Crippen LogP) is 3.32. The van der Waals surface area contributed by atoms with Crippen LogP contribution in [-0.4, -0.2) is 26.8 Å². The molecular formula is C21H20FN3O3. The molecule has 1 heterocycles. The molecule has 1 amide bonds. The highest BCUT2D eigenvalue weighted by atomic mass is 19.1. The number of hydrogen-bond donors (Lipinski definition) is 2. The van der Waals surface area contributed by atoms with Gasteiger partial charge in [-0.1, -0.05) is 24.3 Å². The maximum Gasteiger partial charge on any atom is 0.335 e. The van der Waals surface area contributed by atoms with E-state index >= 15 is 0 Å². The summed E-state index contributed by atoms with van der Waals surface area (Å²) in [5.41, 5.74) is 3.54. The van der Waals surface area contributed by atoms with E-state index in [1.165, 1.54) is 12.1 Å². The number of carbonyl (C=O) groups excluding carboxylic acids is 1. The molecule has 7 heteroatoms. The number of benzene rings is 2. The number of nitrogens with zero attached hydrogens (tertiary/aromatic N) is 2. The minimum Gasteiger partial charge on any atom is -0.478 e. The molecule has 0 aliphatic carbocycles. The molecule has 0 fully saturated rings. The van der Waals surface area contributed by atoms with Crippen molar-refractivity contribution in [1.29, 1.82) is 0 Å². The van der Waals surface area contributed by atoms with Crippen LogP contribution < -0.4 is 5.32 Å². The van der Waals surface area contributed by atoms with Gasteiger partial charge in [0.1, 0.15) is 5.82 Å². The second kappa shape index (κ2) is 8.04. The molecule has 0 unspecified atom stereocenters. The molecule has 2 aromatic carbocycles. The lowest BCUT2D eigenvalue weighted by molar-refractivity contribution is 0.0695. The Bertz CT molecular complexity index is 1040. The van der Waals surface area contributed by atoms with E-state index in [-0.39, 0.29) is 17.7 Å². The third-order valence-electron chi connectivity index (χ3n) is 4.34. The zero-order valence-electron chi connectivity index (χ0n) is 15.6. The van der Waals surface area contributed by atoms with Gasteiger partial charge in [0.2, 0.25) is 0 Å². The number of aromatic carboxylic acids is 1. The highest BCUT2D eigenvalue weighted by molar-refractivity contribution is 5.96. The Morgan fingerprint density at radius 3 is 2.50 bits per heavy atom. The van der Waals surface area contributed by atoms with Crippen LogP contribution in [0.5, 0.6) is 0 Å². The molecule has 0 saturated heterocycles. The van der Waals surface area contributed by atoms with E-state index in [9.17, 15) is 14.0 Å². The number of halogens is 1. The number of amides is 1. The normalized spacial score (nSPS) is 10.7. The first-order chi connectivity index (χ1) is 13.3. The summed E-state index contributed by atoms with van der Waals surface area (Å²) in [6.07, 6.45) is 0. The lowest BCUT2D eigenvalue weighted by Gasteiger charge is -2.09. The minimum absolute atomic E-state index is 0.191. The predicted molar refractivity (Wildman–Crippen MR) is 102 cm³/mol. The zero-order chi connectivity index (χ0) is 20.3. The number of aryl methyl sites for hydroxylation is 2. The first kappa shape index (κ1) is 19.3. The first-order valence-corrected chi connectivity index (χ1v) is 8.73. The Kier molecular flexibility index (Phi) is 5.54. The van der Waals surface area contributed by atoms with Crippen LogP contribution in [0, 0.1) is 19.7 Å². The molecule has 0 bridgehead atoms. The molecule has 144 valence electrons. The maximum absolute atomic E-state index is 14.0. The van der Waals surface area contributed by atoms with Crippen molar-refractivity contribution < 1.29 is 19.1 Å². The number of rotatable bonds is 6. The summed E-state index contributed by atoms with van der Waals surface area (Å²) in [6, 6.07) is 12.9. The molecule has 0 radical (unpaired) electrons. The Labute approximate surface area is 161 Å². The Balaban J connectivity index is 1.67. The van der Waals surface area contributed by atoms with Crippen molar-refractivity contribution in [3.8, 4) is 0 Å². The van der Waals surface area contributed by atoms with E-state index in [4.69, 9.17) is 5.11 Å². The molecule has 0 spiro atoms. The lowest BCUT2D eigenvalue weighted by Crippen LogP contribution is -2.24. The third kappa shape index (κ3) is 4.43. The maximum atomic E-state index is 14.0. The molecular weight excluding hydrogens is 361 g/mol. The molecule has 0 saturated carbocycles. The quantitative estimate of drug-likeness (QED) is 0.686. The molecule has 0 aliphatic heterocycles. The van der Waals surface area contributed by atoms with Gasteiger partial charge in [-0.2, -0.15) is 5.10 Å². The fourth-order valence-corrected chi connectivity index (χ4v) is 2.96. The van der Waals surface area contributed by atoms with Gasteiger partial charge in [-0.15, -0.1) is 0 Å². The smallest absolute Gasteiger partial charge is 0.335 e. The van der Waals surface area contributed by atoms with Crippen molar-refractivity contribution in [1.82, 2.24) is 15.1 Å². The van der Waals surface area contributed by atoms with Crippen molar-refractivity contribution in [3.63, 3.8) is 0 Å². The fourth-order valence-electron chi connectivity index (χ4n) is 2.96. The van der Waals surface area contributed by atoms with Gasteiger partial charge in [0.05, 0.1) is 23.4 Å². The number of carboxylic acid groups (broad SMARTS) is 1. The molecule has 3 aromatic rings. The summed E-state index contributed by atoms with van der Waals surface area (Å²) in [4.78, 5) is 23.1. The van der Waals surface area contributed by atoms with E-state index in [1.807, 2.05) is 48.9 Å². The van der Waals surface area contributed by atoms with Crippen molar-refractivity contribution in [2.24, 2.45) is 0 Å². The molecule has 2 N–H and O–H groups in total. The number of carboxylic acids is 1. The molecule has 3 rings (SSSR count). The van der Waals surface area contributed by atoms with Gasteiger partial charge in [0.15, 0.2) is 0 Å². The van der Waals surface area contributed by atoms with Crippen LogP contribution in [0.25, 0.3) is 0 Å². The van der Waals surface area contributed by atoms with Crippen LogP contribution in [0.2, 0.25) is 0 Å². The molecule has 6 nitrogen and oxygen atoms in total. The minimum atomic E-state index is -1.25. The highest BCUT2D eigenvalue weighted by Crippen LogP contribution is 2.13. The fraction of sp³-hybridized carbons (Fsp3) is 0.190. The van der Waals surface area contributed by atoms with Gasteiger partial charge in [0.25, 0.3) is 5.91 Å². The number of carbonyl (C=O) groups is 2. The summed E-state index contributed by atoms with van der Waals surface area (Å²) < 4.78 is 15.9. The topological polar surface area (TPSA) is 84.2 Å². The van der Waals surface area contributed by atoms with Crippen molar-refractivity contribution in [2.75, 3.05) is 0 Å². The number of hydrogen-bond acceptors (Lipinski definition) is 3. The average molecular weight is 381 g/mol. The highest BCUT2D eigenvalue weighted by Gasteiger charge is 2.14. The van der Waals surface area contributed by atoms with Gasteiger partial charge in [0, 0.05) is 12.2 Å². The van der Waals surface area contributed by atoms with E-state index in [0.717, 1.165) is 28.6 Å². The van der Waals surface area contributed by atoms with Gasteiger partial charge < -0.3 is 10.4 Å². The van der Waals surface area contributed by atoms with Crippen molar-refractivity contribution in [2.45, 2.75) is 26.9 Å². The standard InChI is InChI=1S/C21H20FN3O3/c1-13-8-14(2)25(24-13)12-16-5-3-4-15(9-16)11-23-20(26)18-7-6-17(21(27)28)10-19(18)22/h3-10H,11-12H2,1-2H3,(H,23,26)(H,27,28). The van der Waals surface area contributed by atoms with Gasteiger partial charge >= 0.3 is 5.97 Å². The second-order valence-electron chi connectivity index (χ2n) is 6.59. The Morgan fingerprint density at radius 1 is 1.11 bits per heavy atom. The summed E-state index contributed by atoms with van der Waals surface area (Å²) in [5, 5.41) is 16.0. The number of aromatic nitrogens is 2. The van der Waals surface area contributed by atoms with E-state index in [2.05, 4.69) is 10.4 Å². The number of nitrogens with one attached hydrogen (secondary N) is 1. The SMILES string of the molecule is Cc1cc(C)n(Cc2cccc(CNC(=O)c3ccc(C(=O)O)cc3F)c2)n1. The van der Waals surface area contributed by atoms with Crippen LogP contribution in [0.4, 0.5) is 4.39 Å². The summed E-state index contributed by atoms with van der Waals surface area (Å²) in [7, 11) is 0.